The Kier molecular flexibility index (Phi) is 4.91. The first kappa shape index (κ1) is 12.3. The van der Waals surface area contributed by atoms with Crippen molar-refractivity contribution in [3.63, 3.8) is 0 Å². The molecule has 0 spiro atoms. The molecule has 15 heavy (non-hydrogen) atoms. The van der Waals surface area contributed by atoms with Crippen molar-refractivity contribution < 1.29 is 9.15 Å². The third-order valence-corrected chi connectivity index (χ3v) is 2.48. The number of hydrogen-bond acceptors (Lipinski definition) is 4. The first-order chi connectivity index (χ1) is 7.22. The number of anilines is 1. The summed E-state index contributed by atoms with van der Waals surface area (Å²) in [4.78, 5) is 6.32. The van der Waals surface area contributed by atoms with E-state index in [1.807, 2.05) is 4.90 Å². The van der Waals surface area contributed by atoms with Crippen LogP contribution >= 0.6 is 11.6 Å². The quantitative estimate of drug-likeness (QED) is 0.706. The standard InChI is InChI=1S/C10H17ClN2O2/c1-4-13(8(2)6-14-3)10-12-9(5-11)7-15-10/h7-8H,4-6H2,1-3H3. The van der Waals surface area contributed by atoms with Gasteiger partial charge in [-0.2, -0.15) is 4.98 Å². The zero-order valence-corrected chi connectivity index (χ0v) is 10.1. The molecule has 1 aromatic heterocycles. The van der Waals surface area contributed by atoms with Crippen LogP contribution in [0.1, 0.15) is 19.5 Å². The summed E-state index contributed by atoms with van der Waals surface area (Å²) in [7, 11) is 1.68. The van der Waals surface area contributed by atoms with Crippen LogP contribution in [0.2, 0.25) is 0 Å². The Labute approximate surface area is 95.2 Å². The molecule has 86 valence electrons. The third kappa shape index (κ3) is 3.11. The summed E-state index contributed by atoms with van der Waals surface area (Å²) in [5.74, 6) is 0.375. The predicted octanol–water partition coefficient (Wildman–Crippen LogP) is 2.27. The number of halogens is 1. The van der Waals surface area contributed by atoms with Gasteiger partial charge in [0.05, 0.1) is 24.2 Å². The maximum Gasteiger partial charge on any atom is 0.297 e. The van der Waals surface area contributed by atoms with Crippen LogP contribution in [0.4, 0.5) is 6.01 Å². The Bertz CT molecular complexity index is 291. The van der Waals surface area contributed by atoms with Gasteiger partial charge in [-0.3, -0.25) is 0 Å². The second-order valence-electron chi connectivity index (χ2n) is 3.35. The second kappa shape index (κ2) is 5.98. The van der Waals surface area contributed by atoms with Crippen molar-refractivity contribution in [3.8, 4) is 0 Å². The van der Waals surface area contributed by atoms with E-state index in [0.717, 1.165) is 12.2 Å². The summed E-state index contributed by atoms with van der Waals surface area (Å²) >= 11 is 5.66. The number of rotatable bonds is 6. The number of ether oxygens (including phenoxy) is 1. The molecule has 1 unspecified atom stereocenters. The molecule has 1 aromatic rings. The highest BCUT2D eigenvalue weighted by Gasteiger charge is 2.17. The molecule has 0 bridgehead atoms. The van der Waals surface area contributed by atoms with Gasteiger partial charge in [-0.05, 0) is 13.8 Å². The van der Waals surface area contributed by atoms with Crippen LogP contribution in [-0.4, -0.2) is 31.3 Å². The monoisotopic (exact) mass is 232 g/mol. The molecule has 1 rings (SSSR count). The molecular formula is C10H17ClN2O2. The Balaban J connectivity index is 2.72. The third-order valence-electron chi connectivity index (χ3n) is 2.20. The first-order valence-electron chi connectivity index (χ1n) is 4.98. The van der Waals surface area contributed by atoms with Crippen molar-refractivity contribution in [1.29, 1.82) is 0 Å². The zero-order chi connectivity index (χ0) is 11.3. The molecule has 1 heterocycles. The maximum absolute atomic E-state index is 5.66. The van der Waals surface area contributed by atoms with Crippen LogP contribution in [0.25, 0.3) is 0 Å². The van der Waals surface area contributed by atoms with Crippen molar-refractivity contribution in [2.75, 3.05) is 25.2 Å². The number of aromatic nitrogens is 1. The van der Waals surface area contributed by atoms with Crippen LogP contribution in [-0.2, 0) is 10.6 Å². The first-order valence-corrected chi connectivity index (χ1v) is 5.52. The van der Waals surface area contributed by atoms with Crippen LogP contribution in [0.15, 0.2) is 10.7 Å². The summed E-state index contributed by atoms with van der Waals surface area (Å²) in [6, 6.07) is 0.847. The lowest BCUT2D eigenvalue weighted by Crippen LogP contribution is -2.36. The van der Waals surface area contributed by atoms with E-state index in [2.05, 4.69) is 18.8 Å². The van der Waals surface area contributed by atoms with Crippen LogP contribution in [0, 0.1) is 0 Å². The lowest BCUT2D eigenvalue weighted by Gasteiger charge is -2.25. The summed E-state index contributed by atoms with van der Waals surface area (Å²) < 4.78 is 10.5. The summed E-state index contributed by atoms with van der Waals surface area (Å²) in [6.07, 6.45) is 1.59. The number of methoxy groups -OCH3 is 1. The van der Waals surface area contributed by atoms with Gasteiger partial charge in [0.1, 0.15) is 6.26 Å². The average molecular weight is 233 g/mol. The number of likely N-dealkylation sites (N-methyl/N-ethyl adjacent to an activating group) is 1. The Hall–Kier alpha value is -0.740. The second-order valence-corrected chi connectivity index (χ2v) is 3.61. The lowest BCUT2D eigenvalue weighted by molar-refractivity contribution is 0.180. The zero-order valence-electron chi connectivity index (χ0n) is 9.36. The van der Waals surface area contributed by atoms with E-state index in [1.165, 1.54) is 0 Å². The van der Waals surface area contributed by atoms with Gasteiger partial charge in [-0.25, -0.2) is 0 Å². The minimum atomic E-state index is 0.238. The summed E-state index contributed by atoms with van der Waals surface area (Å²) in [5, 5.41) is 0. The number of hydrogen-bond donors (Lipinski definition) is 0. The van der Waals surface area contributed by atoms with Crippen molar-refractivity contribution in [2.45, 2.75) is 25.8 Å². The normalized spacial score (nSPS) is 12.8. The molecule has 0 fully saturated rings. The molecule has 5 heteroatoms. The van der Waals surface area contributed by atoms with E-state index in [9.17, 15) is 0 Å². The van der Waals surface area contributed by atoms with Crippen molar-refractivity contribution in [2.24, 2.45) is 0 Å². The molecule has 0 saturated heterocycles. The molecule has 0 amide bonds. The molecule has 4 nitrogen and oxygen atoms in total. The summed E-state index contributed by atoms with van der Waals surface area (Å²) in [5.41, 5.74) is 0.759. The predicted molar refractivity (Wildman–Crippen MR) is 60.4 cm³/mol. The molecule has 0 aliphatic carbocycles. The fraction of sp³-hybridized carbons (Fsp3) is 0.700. The van der Waals surface area contributed by atoms with E-state index >= 15 is 0 Å². The van der Waals surface area contributed by atoms with Crippen molar-refractivity contribution >= 4 is 17.6 Å². The SMILES string of the molecule is CCN(c1nc(CCl)co1)C(C)COC. The Morgan fingerprint density at radius 1 is 1.67 bits per heavy atom. The Morgan fingerprint density at radius 3 is 2.87 bits per heavy atom. The van der Waals surface area contributed by atoms with Gasteiger partial charge >= 0.3 is 0 Å². The van der Waals surface area contributed by atoms with E-state index in [-0.39, 0.29) is 6.04 Å². The molecule has 0 radical (unpaired) electrons. The van der Waals surface area contributed by atoms with E-state index in [1.54, 1.807) is 13.4 Å². The smallest absolute Gasteiger partial charge is 0.297 e. The van der Waals surface area contributed by atoms with Gasteiger partial charge in [0.25, 0.3) is 6.01 Å². The molecule has 0 saturated carbocycles. The number of alkyl halides is 1. The largest absolute Gasteiger partial charge is 0.432 e. The van der Waals surface area contributed by atoms with E-state index < -0.39 is 0 Å². The van der Waals surface area contributed by atoms with Crippen LogP contribution in [0.5, 0.6) is 0 Å². The molecule has 0 N–H and O–H groups in total. The van der Waals surface area contributed by atoms with Crippen molar-refractivity contribution in [3.05, 3.63) is 12.0 Å². The lowest BCUT2D eigenvalue weighted by atomic mass is 10.3. The Morgan fingerprint density at radius 2 is 2.40 bits per heavy atom. The molecule has 1 atom stereocenters. The van der Waals surface area contributed by atoms with Gasteiger partial charge in [0.15, 0.2) is 0 Å². The fourth-order valence-electron chi connectivity index (χ4n) is 1.46. The van der Waals surface area contributed by atoms with Gasteiger partial charge < -0.3 is 14.1 Å². The maximum atomic E-state index is 5.66. The minimum Gasteiger partial charge on any atom is -0.432 e. The van der Waals surface area contributed by atoms with Gasteiger partial charge in [-0.15, -0.1) is 11.6 Å². The highest BCUT2D eigenvalue weighted by atomic mass is 35.5. The fourth-order valence-corrected chi connectivity index (χ4v) is 1.58. The van der Waals surface area contributed by atoms with E-state index in [0.29, 0.717) is 18.5 Å². The van der Waals surface area contributed by atoms with Crippen LogP contribution in [0.3, 0.4) is 0 Å². The van der Waals surface area contributed by atoms with Crippen LogP contribution < -0.4 is 4.90 Å². The number of oxazole rings is 1. The highest BCUT2D eigenvalue weighted by molar-refractivity contribution is 6.16. The number of nitrogens with zero attached hydrogens (tertiary/aromatic N) is 2. The topological polar surface area (TPSA) is 38.5 Å². The van der Waals surface area contributed by atoms with Gasteiger partial charge in [0, 0.05) is 13.7 Å². The van der Waals surface area contributed by atoms with E-state index in [4.69, 9.17) is 20.8 Å². The summed E-state index contributed by atoms with van der Waals surface area (Å²) in [6.45, 7) is 5.59. The highest BCUT2D eigenvalue weighted by Crippen LogP contribution is 2.17. The molecule has 0 aliphatic heterocycles. The van der Waals surface area contributed by atoms with Gasteiger partial charge in [-0.1, -0.05) is 0 Å². The molecule has 0 aliphatic rings. The minimum absolute atomic E-state index is 0.238. The van der Waals surface area contributed by atoms with Gasteiger partial charge in [0.2, 0.25) is 0 Å². The molecule has 0 aromatic carbocycles. The van der Waals surface area contributed by atoms with Crippen molar-refractivity contribution in [1.82, 2.24) is 4.98 Å². The average Bonchev–Trinajstić information content (AvgIpc) is 2.68. The molecular weight excluding hydrogens is 216 g/mol.